The molecule has 65 valence electrons. The molecule has 1 radical (unpaired) electrons. The first kappa shape index (κ1) is 14.7. The molecule has 0 spiro atoms. The molecule has 0 atom stereocenters. The van der Waals surface area contributed by atoms with E-state index in [4.69, 9.17) is 0 Å². The minimum Gasteiger partial charge on any atom is -0.358 e. The van der Waals surface area contributed by atoms with E-state index in [9.17, 15) is 0 Å². The maximum atomic E-state index is 3.94. The van der Waals surface area contributed by atoms with E-state index in [1.54, 1.807) is 0 Å². The summed E-state index contributed by atoms with van der Waals surface area (Å²) in [6.07, 6.45) is 2.35. The fraction of sp³-hybridized carbons (Fsp3) is 0.273. The van der Waals surface area contributed by atoms with E-state index in [0.717, 1.165) is 6.42 Å². The van der Waals surface area contributed by atoms with Gasteiger partial charge in [-0.2, -0.15) is 18.6 Å². The Morgan fingerprint density at radius 1 is 1.25 bits per heavy atom. The third-order valence-corrected chi connectivity index (χ3v) is 1.64. The van der Waals surface area contributed by atoms with Crippen molar-refractivity contribution in [2.75, 3.05) is 0 Å². The van der Waals surface area contributed by atoms with Gasteiger partial charge in [-0.3, -0.25) is 0 Å². The maximum Gasteiger partial charge on any atom is 0 e. The monoisotopic (exact) mass is 237 g/mol. The first-order valence-corrected chi connectivity index (χ1v) is 3.74. The third-order valence-electron chi connectivity index (χ3n) is 1.64. The standard InChI is InChI=1S/C10H13.CH3.Y/c1-3-6-10-8-5-4-7-9(10)2;;/h4-5,7-8H,2-3,6H2,1H3;1H3;/q2*-1;. The Labute approximate surface area is 102 Å². The van der Waals surface area contributed by atoms with E-state index < -0.39 is 0 Å². The summed E-state index contributed by atoms with van der Waals surface area (Å²) in [4.78, 5) is 0. The van der Waals surface area contributed by atoms with E-state index in [2.05, 4.69) is 32.0 Å². The molecule has 0 amide bonds. The second-order valence-electron chi connectivity index (χ2n) is 2.52. The molecule has 0 aliphatic carbocycles. The molecule has 0 aromatic heterocycles. The minimum atomic E-state index is 0. The number of benzene rings is 1. The summed E-state index contributed by atoms with van der Waals surface area (Å²) in [5.74, 6) is 0. The normalized spacial score (nSPS) is 8.08. The van der Waals surface area contributed by atoms with Gasteiger partial charge in [0.15, 0.2) is 0 Å². The van der Waals surface area contributed by atoms with Crippen molar-refractivity contribution in [3.05, 3.63) is 49.7 Å². The van der Waals surface area contributed by atoms with E-state index in [1.807, 2.05) is 6.07 Å². The van der Waals surface area contributed by atoms with E-state index in [0.29, 0.717) is 0 Å². The fourth-order valence-corrected chi connectivity index (χ4v) is 1.07. The molecule has 1 rings (SSSR count). The van der Waals surface area contributed by atoms with Crippen molar-refractivity contribution >= 4 is 0 Å². The maximum absolute atomic E-state index is 3.94. The van der Waals surface area contributed by atoms with Crippen molar-refractivity contribution in [3.8, 4) is 0 Å². The van der Waals surface area contributed by atoms with Crippen LogP contribution < -0.4 is 0 Å². The average molecular weight is 237 g/mol. The van der Waals surface area contributed by atoms with Crippen molar-refractivity contribution in [2.45, 2.75) is 19.8 Å². The molecule has 1 aromatic carbocycles. The van der Waals surface area contributed by atoms with Crippen LogP contribution in [0.4, 0.5) is 0 Å². The molecule has 0 aliphatic heterocycles. The molecule has 0 heterocycles. The third kappa shape index (κ3) is 4.28. The smallest absolute Gasteiger partial charge is 0 e. The number of aryl methyl sites for hydroxylation is 1. The van der Waals surface area contributed by atoms with Gasteiger partial charge in [0.25, 0.3) is 0 Å². The molecule has 0 unspecified atom stereocenters. The molecule has 0 fully saturated rings. The molecule has 1 heteroatoms. The minimum absolute atomic E-state index is 0. The number of hydrogen-bond donors (Lipinski definition) is 0. The van der Waals surface area contributed by atoms with Gasteiger partial charge in [-0.05, 0) is 0 Å². The van der Waals surface area contributed by atoms with Gasteiger partial charge in [0.1, 0.15) is 0 Å². The summed E-state index contributed by atoms with van der Waals surface area (Å²) in [6.45, 7) is 6.13. The Bertz CT molecular complexity index is 206. The topological polar surface area (TPSA) is 0 Å². The van der Waals surface area contributed by atoms with Crippen LogP contribution in [0, 0.1) is 14.4 Å². The number of rotatable bonds is 2. The summed E-state index contributed by atoms with van der Waals surface area (Å²) in [5, 5.41) is 0. The Kier molecular flexibility index (Phi) is 9.59. The molecule has 0 nitrogen and oxygen atoms in total. The molecule has 0 N–H and O–H groups in total. The zero-order valence-corrected chi connectivity index (χ0v) is 10.8. The van der Waals surface area contributed by atoms with Gasteiger partial charge in [-0.15, -0.1) is 17.7 Å². The largest absolute Gasteiger partial charge is 0.358 e. The van der Waals surface area contributed by atoms with Crippen molar-refractivity contribution in [3.63, 3.8) is 0 Å². The van der Waals surface area contributed by atoms with Crippen molar-refractivity contribution in [1.29, 1.82) is 0 Å². The van der Waals surface area contributed by atoms with E-state index in [-0.39, 0.29) is 40.1 Å². The summed E-state index contributed by atoms with van der Waals surface area (Å²) >= 11 is 0. The summed E-state index contributed by atoms with van der Waals surface area (Å²) in [7, 11) is 0. The van der Waals surface area contributed by atoms with Gasteiger partial charge in [0.2, 0.25) is 0 Å². The van der Waals surface area contributed by atoms with Crippen molar-refractivity contribution in [1.82, 2.24) is 0 Å². The summed E-state index contributed by atoms with van der Waals surface area (Å²) in [5.41, 5.74) is 2.55. The van der Waals surface area contributed by atoms with Crippen LogP contribution in [0.1, 0.15) is 24.5 Å². The zero-order valence-electron chi connectivity index (χ0n) is 8.01. The quantitative estimate of drug-likeness (QED) is 0.692. The van der Waals surface area contributed by atoms with Crippen LogP contribution in [0.15, 0.2) is 24.3 Å². The summed E-state index contributed by atoms with van der Waals surface area (Å²) in [6, 6.07) is 8.30. The number of hydrogen-bond acceptors (Lipinski definition) is 0. The van der Waals surface area contributed by atoms with Gasteiger partial charge in [0, 0.05) is 32.7 Å². The Morgan fingerprint density at radius 3 is 2.33 bits per heavy atom. The van der Waals surface area contributed by atoms with Gasteiger partial charge in [0.05, 0.1) is 0 Å². The molecular weight excluding hydrogens is 221 g/mol. The fourth-order valence-electron chi connectivity index (χ4n) is 1.07. The Morgan fingerprint density at radius 2 is 1.83 bits per heavy atom. The van der Waals surface area contributed by atoms with Crippen LogP contribution in [0.5, 0.6) is 0 Å². The molecule has 0 aliphatic rings. The van der Waals surface area contributed by atoms with Crippen LogP contribution >= 0.6 is 0 Å². The van der Waals surface area contributed by atoms with Gasteiger partial charge in [-0.25, -0.2) is 0 Å². The van der Waals surface area contributed by atoms with Crippen LogP contribution in [-0.4, -0.2) is 0 Å². The molecule has 0 saturated heterocycles. The van der Waals surface area contributed by atoms with Crippen LogP contribution in [-0.2, 0) is 39.1 Å². The van der Waals surface area contributed by atoms with E-state index >= 15 is 0 Å². The SMILES string of the molecule is [CH2-]c1ccccc1CCC.[CH3-].[Y]. The summed E-state index contributed by atoms with van der Waals surface area (Å²) < 4.78 is 0. The van der Waals surface area contributed by atoms with Crippen LogP contribution in [0.2, 0.25) is 0 Å². The predicted octanol–water partition coefficient (Wildman–Crippen LogP) is 3.27. The molecule has 0 bridgehead atoms. The Balaban J connectivity index is 0. The Hall–Kier alpha value is 0.194. The molecular formula is C11H16Y-2. The molecule has 0 saturated carbocycles. The van der Waals surface area contributed by atoms with Crippen LogP contribution in [0.3, 0.4) is 0 Å². The van der Waals surface area contributed by atoms with E-state index in [1.165, 1.54) is 17.5 Å². The van der Waals surface area contributed by atoms with Crippen LogP contribution in [0.25, 0.3) is 0 Å². The molecule has 12 heavy (non-hydrogen) atoms. The van der Waals surface area contributed by atoms with Crippen molar-refractivity contribution < 1.29 is 32.7 Å². The first-order valence-electron chi connectivity index (χ1n) is 3.74. The first-order chi connectivity index (χ1) is 4.84. The second kappa shape index (κ2) is 7.82. The average Bonchev–Trinajstić information content (AvgIpc) is 1.94. The zero-order chi connectivity index (χ0) is 7.40. The van der Waals surface area contributed by atoms with Gasteiger partial charge in [-0.1, -0.05) is 25.8 Å². The van der Waals surface area contributed by atoms with Gasteiger partial charge < -0.3 is 7.43 Å². The van der Waals surface area contributed by atoms with Crippen molar-refractivity contribution in [2.24, 2.45) is 0 Å². The molecule has 1 aromatic rings. The van der Waals surface area contributed by atoms with Gasteiger partial charge >= 0.3 is 0 Å². The predicted molar refractivity (Wildman–Crippen MR) is 51.3 cm³/mol. The second-order valence-corrected chi connectivity index (χ2v) is 2.52.